The molecule has 2 N–H and O–H groups in total. The second-order valence-electron chi connectivity index (χ2n) is 6.41. The van der Waals surface area contributed by atoms with Gasteiger partial charge in [0.2, 0.25) is 17.7 Å². The molecule has 7 nitrogen and oxygen atoms in total. The summed E-state index contributed by atoms with van der Waals surface area (Å²) in [4.78, 5) is 49.5. The third kappa shape index (κ3) is 3.68. The summed E-state index contributed by atoms with van der Waals surface area (Å²) in [6, 6.07) is 5.77. The average molecular weight is 488 g/mol. The van der Waals surface area contributed by atoms with Crippen LogP contribution in [0.25, 0.3) is 0 Å². The van der Waals surface area contributed by atoms with Gasteiger partial charge in [0.05, 0.1) is 17.4 Å². The largest absolute Gasteiger partial charge is 0.478 e. The third-order valence-electron chi connectivity index (χ3n) is 4.70. The molecule has 1 aliphatic heterocycles. The van der Waals surface area contributed by atoms with Gasteiger partial charge in [-0.15, -0.1) is 0 Å². The fraction of sp³-hybridized carbons (Fsp3) is 0.412. The van der Waals surface area contributed by atoms with Gasteiger partial charge in [-0.25, -0.2) is 4.79 Å². The Bertz CT molecular complexity index is 756. The van der Waals surface area contributed by atoms with E-state index in [9.17, 15) is 19.2 Å². The second-order valence-corrected chi connectivity index (χ2v) is 8.77. The zero-order chi connectivity index (χ0) is 19.0. The third-order valence-corrected chi connectivity index (χ3v) is 7.43. The normalized spacial score (nSPS) is 28.0. The van der Waals surface area contributed by atoms with Gasteiger partial charge < -0.3 is 10.4 Å². The maximum absolute atomic E-state index is 12.5. The van der Waals surface area contributed by atoms with Crippen molar-refractivity contribution < 1.29 is 24.3 Å². The Hall–Kier alpha value is -1.74. The zero-order valence-corrected chi connectivity index (χ0v) is 16.7. The molecule has 1 aliphatic carbocycles. The number of aromatic carboxylic acids is 1. The van der Waals surface area contributed by atoms with Crippen LogP contribution >= 0.6 is 31.9 Å². The molecule has 0 aromatic heterocycles. The number of carboxylic acid groups (broad SMARTS) is 1. The van der Waals surface area contributed by atoms with Gasteiger partial charge in [0.15, 0.2) is 0 Å². The molecule has 138 valence electrons. The number of benzene rings is 1. The number of anilines is 1. The molecule has 2 fully saturated rings. The minimum absolute atomic E-state index is 0.0360. The number of nitrogens with zero attached hydrogens (tertiary/aromatic N) is 1. The molecular formula is C17H16Br2N2O5. The summed E-state index contributed by atoms with van der Waals surface area (Å²) in [6.45, 7) is -0.373. The number of rotatable bonds is 4. The Kier molecular flexibility index (Phi) is 5.47. The Balaban J connectivity index is 1.68. The number of halogens is 2. The molecule has 9 heteroatoms. The van der Waals surface area contributed by atoms with Crippen molar-refractivity contribution in [2.24, 2.45) is 11.8 Å². The lowest BCUT2D eigenvalue weighted by molar-refractivity contribution is -0.142. The van der Waals surface area contributed by atoms with Crippen LogP contribution in [0.3, 0.4) is 0 Å². The maximum Gasteiger partial charge on any atom is 0.335 e. The highest BCUT2D eigenvalue weighted by atomic mass is 79.9. The molecule has 1 aromatic rings. The van der Waals surface area contributed by atoms with Crippen molar-refractivity contribution >= 4 is 61.2 Å². The monoisotopic (exact) mass is 486 g/mol. The molecular weight excluding hydrogens is 472 g/mol. The summed E-state index contributed by atoms with van der Waals surface area (Å²) in [5.74, 6) is -3.09. The van der Waals surface area contributed by atoms with Gasteiger partial charge in [-0.2, -0.15) is 0 Å². The first-order valence-electron chi connectivity index (χ1n) is 8.04. The number of carboxylic acids is 1. The Labute approximate surface area is 166 Å². The topological polar surface area (TPSA) is 104 Å². The maximum atomic E-state index is 12.5. The van der Waals surface area contributed by atoms with Crippen LogP contribution < -0.4 is 5.32 Å². The fourth-order valence-electron chi connectivity index (χ4n) is 3.39. The van der Waals surface area contributed by atoms with E-state index in [0.29, 0.717) is 18.5 Å². The van der Waals surface area contributed by atoms with E-state index < -0.39 is 23.7 Å². The predicted molar refractivity (Wildman–Crippen MR) is 100 cm³/mol. The van der Waals surface area contributed by atoms with Gasteiger partial charge in [0, 0.05) is 15.3 Å². The fourth-order valence-corrected chi connectivity index (χ4v) is 4.63. The van der Waals surface area contributed by atoms with Crippen molar-refractivity contribution in [1.29, 1.82) is 0 Å². The molecule has 4 atom stereocenters. The van der Waals surface area contributed by atoms with E-state index in [1.807, 2.05) is 0 Å². The second kappa shape index (κ2) is 7.48. The van der Waals surface area contributed by atoms with Gasteiger partial charge in [-0.1, -0.05) is 37.9 Å². The highest BCUT2D eigenvalue weighted by Crippen LogP contribution is 2.43. The van der Waals surface area contributed by atoms with E-state index in [1.54, 1.807) is 6.07 Å². The van der Waals surface area contributed by atoms with E-state index >= 15 is 0 Å². The van der Waals surface area contributed by atoms with E-state index in [-0.39, 0.29) is 33.6 Å². The molecule has 3 amide bonds. The van der Waals surface area contributed by atoms with E-state index in [2.05, 4.69) is 37.2 Å². The van der Waals surface area contributed by atoms with Crippen LogP contribution in [0.2, 0.25) is 0 Å². The van der Waals surface area contributed by atoms with Crippen LogP contribution in [0.15, 0.2) is 24.3 Å². The van der Waals surface area contributed by atoms with E-state index in [4.69, 9.17) is 5.11 Å². The Morgan fingerprint density at radius 1 is 1.12 bits per heavy atom. The molecule has 1 saturated heterocycles. The van der Waals surface area contributed by atoms with Crippen molar-refractivity contribution in [3.8, 4) is 0 Å². The van der Waals surface area contributed by atoms with Crippen molar-refractivity contribution in [1.82, 2.24) is 4.90 Å². The van der Waals surface area contributed by atoms with Crippen LogP contribution in [0.4, 0.5) is 5.69 Å². The first kappa shape index (κ1) is 19.0. The van der Waals surface area contributed by atoms with Crippen LogP contribution in [-0.4, -0.2) is 49.9 Å². The number of nitrogens with one attached hydrogen (secondary N) is 1. The lowest BCUT2D eigenvalue weighted by Crippen LogP contribution is -2.38. The molecule has 0 bridgehead atoms. The van der Waals surface area contributed by atoms with Gasteiger partial charge in [0.25, 0.3) is 0 Å². The summed E-state index contributed by atoms with van der Waals surface area (Å²) in [6.07, 6.45) is 1.09. The lowest BCUT2D eigenvalue weighted by atomic mass is 9.81. The van der Waals surface area contributed by atoms with Crippen LogP contribution in [-0.2, 0) is 14.4 Å². The van der Waals surface area contributed by atoms with Crippen molar-refractivity contribution in [3.63, 3.8) is 0 Å². The van der Waals surface area contributed by atoms with Gasteiger partial charge in [-0.3, -0.25) is 19.3 Å². The highest BCUT2D eigenvalue weighted by Gasteiger charge is 2.52. The predicted octanol–water partition coefficient (Wildman–Crippen LogP) is 2.25. The molecule has 26 heavy (non-hydrogen) atoms. The van der Waals surface area contributed by atoms with Gasteiger partial charge >= 0.3 is 5.97 Å². The molecule has 1 heterocycles. The zero-order valence-electron chi connectivity index (χ0n) is 13.5. The number of imide groups is 1. The molecule has 0 radical (unpaired) electrons. The SMILES string of the molecule is O=C(CN1C(=O)[C@@H]2C[C@H](Br)[C@@H](Br)C[C@H]2C1=O)Nc1cccc(C(=O)O)c1. The van der Waals surface area contributed by atoms with E-state index in [0.717, 1.165) is 4.90 Å². The smallest absolute Gasteiger partial charge is 0.335 e. The first-order chi connectivity index (χ1) is 12.3. The Morgan fingerprint density at radius 2 is 1.69 bits per heavy atom. The van der Waals surface area contributed by atoms with Crippen molar-refractivity contribution in [2.45, 2.75) is 22.5 Å². The van der Waals surface area contributed by atoms with Crippen LogP contribution in [0.5, 0.6) is 0 Å². The number of likely N-dealkylation sites (tertiary alicyclic amines) is 1. The van der Waals surface area contributed by atoms with Crippen LogP contribution in [0, 0.1) is 11.8 Å². The lowest BCUT2D eigenvalue weighted by Gasteiger charge is -2.29. The standard InChI is InChI=1S/C17H16Br2N2O5/c18-12-5-10-11(6-13(12)19)16(24)21(15(10)23)7-14(22)20-9-3-1-2-8(4-9)17(25)26/h1-4,10-13H,5-7H2,(H,20,22)(H,25,26)/t10-,11-,12+,13+/m1/s1. The molecule has 0 spiro atoms. The Morgan fingerprint density at radius 3 is 2.23 bits per heavy atom. The summed E-state index contributed by atoms with van der Waals surface area (Å²) in [5, 5.41) is 11.5. The van der Waals surface area contributed by atoms with Gasteiger partial charge in [-0.05, 0) is 31.0 Å². The number of alkyl halides is 2. The quantitative estimate of drug-likeness (QED) is 0.500. The number of hydrogen-bond donors (Lipinski definition) is 2. The number of amides is 3. The molecule has 1 aromatic carbocycles. The first-order valence-corrected chi connectivity index (χ1v) is 9.87. The molecule has 3 rings (SSSR count). The highest BCUT2D eigenvalue weighted by molar-refractivity contribution is 9.12. The summed E-state index contributed by atoms with van der Waals surface area (Å²) in [7, 11) is 0. The number of carbonyl (C=O) groups excluding carboxylic acids is 3. The summed E-state index contributed by atoms with van der Waals surface area (Å²) in [5.41, 5.74) is 0.335. The molecule has 2 aliphatic rings. The minimum Gasteiger partial charge on any atom is -0.478 e. The summed E-state index contributed by atoms with van der Waals surface area (Å²) >= 11 is 7.03. The molecule has 1 saturated carbocycles. The van der Waals surface area contributed by atoms with Crippen molar-refractivity contribution in [3.05, 3.63) is 29.8 Å². The van der Waals surface area contributed by atoms with Crippen molar-refractivity contribution in [2.75, 3.05) is 11.9 Å². The number of carbonyl (C=O) groups is 4. The number of hydrogen-bond acceptors (Lipinski definition) is 4. The average Bonchev–Trinajstić information content (AvgIpc) is 2.80. The number of fused-ring (bicyclic) bond motifs is 1. The van der Waals surface area contributed by atoms with Gasteiger partial charge in [0.1, 0.15) is 6.54 Å². The summed E-state index contributed by atoms with van der Waals surface area (Å²) < 4.78 is 0. The van der Waals surface area contributed by atoms with E-state index in [1.165, 1.54) is 18.2 Å². The minimum atomic E-state index is -1.11. The molecule has 0 unspecified atom stereocenters. The van der Waals surface area contributed by atoms with Crippen LogP contribution in [0.1, 0.15) is 23.2 Å².